The van der Waals surface area contributed by atoms with Gasteiger partial charge in [0.15, 0.2) is 0 Å². The van der Waals surface area contributed by atoms with Crippen LogP contribution >= 0.6 is 12.4 Å². The molecule has 0 aliphatic carbocycles. The lowest BCUT2D eigenvalue weighted by atomic mass is 9.94. The van der Waals surface area contributed by atoms with Crippen molar-refractivity contribution < 1.29 is 13.2 Å². The van der Waals surface area contributed by atoms with Crippen LogP contribution in [-0.4, -0.2) is 40.0 Å². The molecule has 2 unspecified atom stereocenters. The monoisotopic (exact) mass is 373 g/mol. The second kappa shape index (κ2) is 9.17. The van der Waals surface area contributed by atoms with Crippen LogP contribution in [0.4, 0.5) is 0 Å². The molecule has 24 heavy (non-hydrogen) atoms. The van der Waals surface area contributed by atoms with E-state index in [4.69, 9.17) is 0 Å². The van der Waals surface area contributed by atoms with E-state index in [1.54, 1.807) is 12.1 Å². The van der Waals surface area contributed by atoms with E-state index in [9.17, 15) is 13.2 Å². The number of hydrogen-bond acceptors (Lipinski definition) is 4. The minimum atomic E-state index is -3.64. The Hall–Kier alpha value is -1.41. The first-order valence-corrected chi connectivity index (χ1v) is 9.14. The zero-order chi connectivity index (χ0) is 16.9. The fourth-order valence-electron chi connectivity index (χ4n) is 2.49. The molecule has 8 heteroatoms. The Balaban J connectivity index is 0.00000288. The standard InChI is InChI=1S/C16H23N3O3S.ClH/c1-3-8-18-23(21,22)14-6-4-5-13(10-14)16(20)19-15-11-17-9-7-12(15)2;/h3-6,10,12,15,17-18H,1,7-9,11H2,2H3,(H,19,20);1H. The zero-order valence-electron chi connectivity index (χ0n) is 13.6. The number of carbonyl (C=O) groups is 1. The summed E-state index contributed by atoms with van der Waals surface area (Å²) in [5.74, 6) is 0.132. The number of halogens is 1. The molecule has 2 atom stereocenters. The minimum Gasteiger partial charge on any atom is -0.348 e. The molecule has 134 valence electrons. The van der Waals surface area contributed by atoms with Crippen molar-refractivity contribution in [1.82, 2.24) is 15.4 Å². The zero-order valence-corrected chi connectivity index (χ0v) is 15.3. The quantitative estimate of drug-likeness (QED) is 0.656. The Bertz CT molecular complexity index is 679. The average molecular weight is 374 g/mol. The van der Waals surface area contributed by atoms with Crippen molar-refractivity contribution in [2.75, 3.05) is 19.6 Å². The summed E-state index contributed by atoms with van der Waals surface area (Å²) in [6, 6.07) is 6.09. The van der Waals surface area contributed by atoms with Crippen molar-refractivity contribution >= 4 is 28.3 Å². The highest BCUT2D eigenvalue weighted by Crippen LogP contribution is 2.14. The number of rotatable bonds is 6. The molecule has 0 spiro atoms. The number of benzene rings is 1. The van der Waals surface area contributed by atoms with Crippen LogP contribution in [0.3, 0.4) is 0 Å². The van der Waals surface area contributed by atoms with Gasteiger partial charge in [-0.1, -0.05) is 19.1 Å². The second-order valence-corrected chi connectivity index (χ2v) is 7.49. The number of piperidine rings is 1. The lowest BCUT2D eigenvalue weighted by Gasteiger charge is -2.30. The lowest BCUT2D eigenvalue weighted by molar-refractivity contribution is 0.0915. The van der Waals surface area contributed by atoms with Crippen LogP contribution < -0.4 is 15.4 Å². The van der Waals surface area contributed by atoms with E-state index >= 15 is 0 Å². The third kappa shape index (κ3) is 5.31. The van der Waals surface area contributed by atoms with E-state index in [1.807, 2.05) is 0 Å². The van der Waals surface area contributed by atoms with E-state index in [0.717, 1.165) is 19.5 Å². The van der Waals surface area contributed by atoms with Gasteiger partial charge in [0.2, 0.25) is 10.0 Å². The summed E-state index contributed by atoms with van der Waals surface area (Å²) in [5, 5.41) is 6.22. The summed E-state index contributed by atoms with van der Waals surface area (Å²) in [6.07, 6.45) is 2.47. The van der Waals surface area contributed by atoms with Gasteiger partial charge in [-0.25, -0.2) is 13.1 Å². The van der Waals surface area contributed by atoms with Gasteiger partial charge in [-0.05, 0) is 37.1 Å². The van der Waals surface area contributed by atoms with Gasteiger partial charge in [0, 0.05) is 24.7 Å². The number of hydrogen-bond donors (Lipinski definition) is 3. The molecule has 1 aromatic carbocycles. The predicted molar refractivity (Wildman–Crippen MR) is 97.0 cm³/mol. The van der Waals surface area contributed by atoms with Gasteiger partial charge < -0.3 is 10.6 Å². The molecule has 0 aromatic heterocycles. The third-order valence-electron chi connectivity index (χ3n) is 3.97. The highest BCUT2D eigenvalue weighted by atomic mass is 35.5. The Morgan fingerprint density at radius 2 is 2.21 bits per heavy atom. The fraction of sp³-hybridized carbons (Fsp3) is 0.438. The van der Waals surface area contributed by atoms with Gasteiger partial charge in [-0.3, -0.25) is 4.79 Å². The predicted octanol–water partition coefficient (Wildman–Crippen LogP) is 1.30. The summed E-state index contributed by atoms with van der Waals surface area (Å²) in [6.45, 7) is 7.41. The van der Waals surface area contributed by atoms with Crippen LogP contribution in [0.5, 0.6) is 0 Å². The first-order chi connectivity index (χ1) is 10.9. The molecule has 1 saturated heterocycles. The van der Waals surface area contributed by atoms with E-state index in [-0.39, 0.29) is 35.8 Å². The molecule has 1 aliphatic rings. The first kappa shape index (κ1) is 20.6. The van der Waals surface area contributed by atoms with Crippen LogP contribution in [0.1, 0.15) is 23.7 Å². The smallest absolute Gasteiger partial charge is 0.251 e. The van der Waals surface area contributed by atoms with Crippen molar-refractivity contribution in [3.63, 3.8) is 0 Å². The maximum absolute atomic E-state index is 12.4. The molecule has 2 rings (SSSR count). The fourth-order valence-corrected chi connectivity index (χ4v) is 3.53. The number of nitrogens with one attached hydrogen (secondary N) is 3. The second-order valence-electron chi connectivity index (χ2n) is 5.72. The summed E-state index contributed by atoms with van der Waals surface area (Å²) in [5.41, 5.74) is 0.337. The van der Waals surface area contributed by atoms with Gasteiger partial charge in [-0.2, -0.15) is 0 Å². The average Bonchev–Trinajstić information content (AvgIpc) is 2.55. The Morgan fingerprint density at radius 3 is 2.88 bits per heavy atom. The maximum atomic E-state index is 12.4. The van der Waals surface area contributed by atoms with Gasteiger partial charge in [0.1, 0.15) is 0 Å². The molecule has 0 radical (unpaired) electrons. The van der Waals surface area contributed by atoms with Crippen molar-refractivity contribution in [3.05, 3.63) is 42.5 Å². The third-order valence-corrected chi connectivity index (χ3v) is 5.39. The van der Waals surface area contributed by atoms with Crippen LogP contribution in [0.25, 0.3) is 0 Å². The Kier molecular flexibility index (Phi) is 7.89. The highest BCUT2D eigenvalue weighted by molar-refractivity contribution is 7.89. The SMILES string of the molecule is C=CCNS(=O)(=O)c1cccc(C(=O)NC2CNCCC2C)c1.Cl. The summed E-state index contributed by atoms with van der Waals surface area (Å²) in [7, 11) is -3.64. The van der Waals surface area contributed by atoms with E-state index in [1.165, 1.54) is 18.2 Å². The van der Waals surface area contributed by atoms with Gasteiger partial charge >= 0.3 is 0 Å². The first-order valence-electron chi connectivity index (χ1n) is 7.66. The molecular formula is C16H24ClN3O3S. The summed E-state index contributed by atoms with van der Waals surface area (Å²) >= 11 is 0. The van der Waals surface area contributed by atoms with Gasteiger partial charge in [0.05, 0.1) is 4.90 Å². The van der Waals surface area contributed by atoms with Crippen molar-refractivity contribution in [2.24, 2.45) is 5.92 Å². The van der Waals surface area contributed by atoms with E-state index in [2.05, 4.69) is 28.9 Å². The normalized spacial score (nSPS) is 20.7. The Labute approximate surface area is 149 Å². The highest BCUT2D eigenvalue weighted by Gasteiger charge is 2.23. The van der Waals surface area contributed by atoms with Crippen molar-refractivity contribution in [3.8, 4) is 0 Å². The number of amides is 1. The molecule has 0 bridgehead atoms. The number of sulfonamides is 1. The van der Waals surface area contributed by atoms with Crippen LogP contribution in [0, 0.1) is 5.92 Å². The lowest BCUT2D eigenvalue weighted by Crippen LogP contribution is -2.50. The molecule has 3 N–H and O–H groups in total. The van der Waals surface area contributed by atoms with Gasteiger partial charge in [0.25, 0.3) is 5.91 Å². The largest absolute Gasteiger partial charge is 0.348 e. The molecule has 1 amide bonds. The minimum absolute atomic E-state index is 0. The van der Waals surface area contributed by atoms with Crippen molar-refractivity contribution in [2.45, 2.75) is 24.3 Å². The van der Waals surface area contributed by atoms with Crippen molar-refractivity contribution in [1.29, 1.82) is 0 Å². The van der Waals surface area contributed by atoms with Crippen LogP contribution in [-0.2, 0) is 10.0 Å². The molecule has 0 saturated carbocycles. The molecular weight excluding hydrogens is 350 g/mol. The summed E-state index contributed by atoms with van der Waals surface area (Å²) < 4.78 is 26.6. The van der Waals surface area contributed by atoms with E-state index in [0.29, 0.717) is 11.5 Å². The summed E-state index contributed by atoms with van der Waals surface area (Å²) in [4.78, 5) is 12.5. The van der Waals surface area contributed by atoms with E-state index < -0.39 is 10.0 Å². The van der Waals surface area contributed by atoms with Crippen LogP contribution in [0.2, 0.25) is 0 Å². The van der Waals surface area contributed by atoms with Gasteiger partial charge in [-0.15, -0.1) is 19.0 Å². The topological polar surface area (TPSA) is 87.3 Å². The number of carbonyl (C=O) groups excluding carboxylic acids is 1. The molecule has 1 aliphatic heterocycles. The maximum Gasteiger partial charge on any atom is 0.251 e. The Morgan fingerprint density at radius 1 is 1.46 bits per heavy atom. The molecule has 1 aromatic rings. The molecule has 1 heterocycles. The van der Waals surface area contributed by atoms with Crippen LogP contribution in [0.15, 0.2) is 41.8 Å². The molecule has 1 fully saturated rings. The molecule has 6 nitrogen and oxygen atoms in total.